The van der Waals surface area contributed by atoms with E-state index >= 15 is 0 Å². The lowest BCUT2D eigenvalue weighted by atomic mass is 9.84. The molecule has 0 fully saturated rings. The van der Waals surface area contributed by atoms with Gasteiger partial charge >= 0.3 is 17.9 Å². The third kappa shape index (κ3) is 9.41. The second-order valence-electron chi connectivity index (χ2n) is 7.69. The van der Waals surface area contributed by atoms with E-state index in [2.05, 4.69) is 0 Å². The maximum atomic E-state index is 11.7. The number of carbonyl (C=O) groups is 3. The Labute approximate surface area is 173 Å². The first-order valence-electron chi connectivity index (χ1n) is 9.77. The molecule has 0 bridgehead atoms. The minimum atomic E-state index is -0.888. The lowest BCUT2D eigenvalue weighted by Gasteiger charge is -2.34. The van der Waals surface area contributed by atoms with Crippen LogP contribution in [-0.2, 0) is 28.6 Å². The van der Waals surface area contributed by atoms with Crippen molar-refractivity contribution < 1.29 is 28.6 Å². The summed E-state index contributed by atoms with van der Waals surface area (Å²) in [7, 11) is 0. The van der Waals surface area contributed by atoms with Crippen molar-refractivity contribution in [3.05, 3.63) is 42.0 Å². The summed E-state index contributed by atoms with van der Waals surface area (Å²) >= 11 is 0. The van der Waals surface area contributed by atoms with Crippen molar-refractivity contribution >= 4 is 24.0 Å². The van der Waals surface area contributed by atoms with Gasteiger partial charge in [-0.05, 0) is 30.9 Å². The van der Waals surface area contributed by atoms with E-state index in [0.717, 1.165) is 5.56 Å². The van der Waals surface area contributed by atoms with Crippen LogP contribution in [0.25, 0.3) is 6.08 Å². The summed E-state index contributed by atoms with van der Waals surface area (Å²) in [5, 5.41) is 0. The van der Waals surface area contributed by atoms with E-state index in [-0.39, 0.29) is 24.4 Å². The number of rotatable bonds is 10. The molecule has 0 radical (unpaired) electrons. The highest BCUT2D eigenvalue weighted by atomic mass is 16.6. The SMILES string of the molecule is CC(=O)OC[C@H](C)[C@@H](OC(C)=O)[C@@H](C)C[C@](C)(/C=C/c1ccccc1)OC(C)=O. The number of ether oxygens (including phenoxy) is 3. The minimum Gasteiger partial charge on any atom is -0.465 e. The van der Waals surface area contributed by atoms with E-state index in [9.17, 15) is 14.4 Å². The van der Waals surface area contributed by atoms with Crippen LogP contribution in [0.5, 0.6) is 0 Å². The molecule has 0 aliphatic heterocycles. The Bertz CT molecular complexity index is 711. The number of carbonyl (C=O) groups excluding carboxylic acids is 3. The fourth-order valence-electron chi connectivity index (χ4n) is 3.39. The van der Waals surface area contributed by atoms with Gasteiger partial charge in [0, 0.05) is 26.7 Å². The maximum absolute atomic E-state index is 11.7. The zero-order chi connectivity index (χ0) is 22.0. The Kier molecular flexibility index (Phi) is 9.59. The Morgan fingerprint density at radius 1 is 0.966 bits per heavy atom. The Balaban J connectivity index is 3.02. The van der Waals surface area contributed by atoms with Crippen LogP contribution in [0.4, 0.5) is 0 Å². The van der Waals surface area contributed by atoms with Crippen LogP contribution in [0, 0.1) is 11.8 Å². The average Bonchev–Trinajstić information content (AvgIpc) is 2.62. The van der Waals surface area contributed by atoms with Crippen molar-refractivity contribution in [2.45, 2.75) is 59.7 Å². The molecule has 0 aliphatic carbocycles. The molecule has 1 rings (SSSR count). The third-order valence-corrected chi connectivity index (χ3v) is 4.51. The van der Waals surface area contributed by atoms with Gasteiger partial charge in [-0.2, -0.15) is 0 Å². The fourth-order valence-corrected chi connectivity index (χ4v) is 3.39. The first-order valence-corrected chi connectivity index (χ1v) is 9.77. The van der Waals surface area contributed by atoms with E-state index in [1.807, 2.05) is 63.3 Å². The highest BCUT2D eigenvalue weighted by Crippen LogP contribution is 2.30. The monoisotopic (exact) mass is 404 g/mol. The van der Waals surface area contributed by atoms with Gasteiger partial charge in [0.2, 0.25) is 0 Å². The lowest BCUT2D eigenvalue weighted by Crippen LogP contribution is -2.39. The molecule has 29 heavy (non-hydrogen) atoms. The topological polar surface area (TPSA) is 78.9 Å². The smallest absolute Gasteiger partial charge is 0.303 e. The van der Waals surface area contributed by atoms with Crippen molar-refractivity contribution in [1.29, 1.82) is 0 Å². The van der Waals surface area contributed by atoms with Crippen LogP contribution < -0.4 is 0 Å². The molecule has 0 heterocycles. The zero-order valence-corrected chi connectivity index (χ0v) is 18.1. The van der Waals surface area contributed by atoms with Crippen LogP contribution in [0.3, 0.4) is 0 Å². The fraction of sp³-hybridized carbons (Fsp3) is 0.522. The van der Waals surface area contributed by atoms with Gasteiger partial charge in [0.1, 0.15) is 11.7 Å². The molecular weight excluding hydrogens is 372 g/mol. The maximum Gasteiger partial charge on any atom is 0.303 e. The number of esters is 3. The third-order valence-electron chi connectivity index (χ3n) is 4.51. The molecular formula is C23H32O6. The van der Waals surface area contributed by atoms with Crippen LogP contribution in [0.2, 0.25) is 0 Å². The normalized spacial score (nSPS) is 16.3. The summed E-state index contributed by atoms with van der Waals surface area (Å²) in [4.78, 5) is 34.5. The molecule has 0 amide bonds. The summed E-state index contributed by atoms with van der Waals surface area (Å²) < 4.78 is 16.2. The average molecular weight is 405 g/mol. The molecule has 4 atom stereocenters. The summed E-state index contributed by atoms with van der Waals surface area (Å²) in [5.41, 5.74) is 0.0963. The summed E-state index contributed by atoms with van der Waals surface area (Å²) in [6.45, 7) is 9.80. The van der Waals surface area contributed by atoms with Gasteiger partial charge in [-0.25, -0.2) is 0 Å². The highest BCUT2D eigenvalue weighted by molar-refractivity contribution is 5.67. The summed E-state index contributed by atoms with van der Waals surface area (Å²) in [6.07, 6.45) is 3.69. The molecule has 0 aromatic heterocycles. The molecule has 0 unspecified atom stereocenters. The molecule has 1 aromatic rings. The molecule has 0 saturated carbocycles. The largest absolute Gasteiger partial charge is 0.465 e. The standard InChI is InChI=1S/C23H32O6/c1-16(22(28-19(4)25)17(2)15-27-18(3)24)14-23(6,29-20(5)26)13-12-21-10-8-7-9-11-21/h7-13,16-17,22H,14-15H2,1-6H3/b13-12+/t16-,17-,22-,23-/m0/s1. The van der Waals surface area contributed by atoms with Gasteiger partial charge in [0.05, 0.1) is 6.61 Å². The number of benzene rings is 1. The van der Waals surface area contributed by atoms with Crippen molar-refractivity contribution in [2.75, 3.05) is 6.61 Å². The molecule has 0 spiro atoms. The second kappa shape index (κ2) is 11.4. The molecule has 0 aliphatic rings. The first kappa shape index (κ1) is 24.4. The van der Waals surface area contributed by atoms with Gasteiger partial charge < -0.3 is 14.2 Å². The minimum absolute atomic E-state index is 0.141. The zero-order valence-electron chi connectivity index (χ0n) is 18.1. The van der Waals surface area contributed by atoms with Gasteiger partial charge in [0.15, 0.2) is 0 Å². The van der Waals surface area contributed by atoms with E-state index < -0.39 is 23.6 Å². The number of hydrogen-bond donors (Lipinski definition) is 0. The van der Waals surface area contributed by atoms with E-state index in [0.29, 0.717) is 6.42 Å². The van der Waals surface area contributed by atoms with E-state index in [1.54, 1.807) is 0 Å². The molecule has 6 heteroatoms. The van der Waals surface area contributed by atoms with Gasteiger partial charge in [-0.1, -0.05) is 50.3 Å². The predicted octanol–water partition coefficient (Wildman–Crippen LogP) is 4.18. The van der Waals surface area contributed by atoms with Crippen LogP contribution in [0.1, 0.15) is 53.5 Å². The molecule has 160 valence electrons. The van der Waals surface area contributed by atoms with Crippen LogP contribution in [0.15, 0.2) is 36.4 Å². The Morgan fingerprint density at radius 2 is 1.59 bits per heavy atom. The van der Waals surface area contributed by atoms with Gasteiger partial charge in [0.25, 0.3) is 0 Å². The van der Waals surface area contributed by atoms with E-state index in [1.165, 1.54) is 20.8 Å². The van der Waals surface area contributed by atoms with Crippen molar-refractivity contribution in [2.24, 2.45) is 11.8 Å². The number of hydrogen-bond acceptors (Lipinski definition) is 6. The molecule has 0 saturated heterocycles. The van der Waals surface area contributed by atoms with Crippen molar-refractivity contribution in [3.8, 4) is 0 Å². The summed E-state index contributed by atoms with van der Waals surface area (Å²) in [6, 6.07) is 9.70. The highest BCUT2D eigenvalue weighted by Gasteiger charge is 2.34. The second-order valence-corrected chi connectivity index (χ2v) is 7.69. The van der Waals surface area contributed by atoms with Crippen molar-refractivity contribution in [1.82, 2.24) is 0 Å². The Morgan fingerprint density at radius 3 is 2.10 bits per heavy atom. The van der Waals surface area contributed by atoms with Gasteiger partial charge in [-0.15, -0.1) is 0 Å². The Hall–Kier alpha value is -2.63. The molecule has 6 nitrogen and oxygen atoms in total. The molecule has 1 aromatic carbocycles. The van der Waals surface area contributed by atoms with E-state index in [4.69, 9.17) is 14.2 Å². The van der Waals surface area contributed by atoms with Gasteiger partial charge in [-0.3, -0.25) is 14.4 Å². The predicted molar refractivity (Wildman–Crippen MR) is 111 cm³/mol. The first-order chi connectivity index (χ1) is 13.5. The summed E-state index contributed by atoms with van der Waals surface area (Å²) in [5.74, 6) is -1.56. The molecule has 0 N–H and O–H groups in total. The van der Waals surface area contributed by atoms with Crippen LogP contribution >= 0.6 is 0 Å². The van der Waals surface area contributed by atoms with Crippen LogP contribution in [-0.4, -0.2) is 36.2 Å². The lowest BCUT2D eigenvalue weighted by molar-refractivity contribution is -0.161. The quantitative estimate of drug-likeness (QED) is 0.430. The van der Waals surface area contributed by atoms with Crippen molar-refractivity contribution in [3.63, 3.8) is 0 Å².